The van der Waals surface area contributed by atoms with E-state index in [4.69, 9.17) is 5.73 Å². The van der Waals surface area contributed by atoms with Gasteiger partial charge in [0.25, 0.3) is 0 Å². The van der Waals surface area contributed by atoms with Gasteiger partial charge < -0.3 is 10.6 Å². The summed E-state index contributed by atoms with van der Waals surface area (Å²) in [5, 5.41) is 2.44. The van der Waals surface area contributed by atoms with Crippen molar-refractivity contribution in [3.05, 3.63) is 48.0 Å². The van der Waals surface area contributed by atoms with Gasteiger partial charge in [-0.3, -0.25) is 4.79 Å². The van der Waals surface area contributed by atoms with Crippen LogP contribution in [-0.2, 0) is 11.3 Å². The average molecular weight is 282 g/mol. The number of hydrogen-bond acceptors (Lipinski definition) is 2. The first-order valence-corrected chi connectivity index (χ1v) is 7.56. The van der Waals surface area contributed by atoms with Crippen LogP contribution in [0.3, 0.4) is 0 Å². The predicted octanol–water partition coefficient (Wildman–Crippen LogP) is 3.07. The number of nitrogens with zero attached hydrogens (tertiary/aromatic N) is 1. The van der Waals surface area contributed by atoms with Gasteiger partial charge in [-0.05, 0) is 41.7 Å². The van der Waals surface area contributed by atoms with E-state index in [1.165, 1.54) is 10.8 Å². The first-order valence-electron chi connectivity index (χ1n) is 7.56. The summed E-state index contributed by atoms with van der Waals surface area (Å²) in [5.41, 5.74) is 7.08. The van der Waals surface area contributed by atoms with Crippen molar-refractivity contribution in [3.8, 4) is 0 Å². The fraction of sp³-hybridized carbons (Fsp3) is 0.389. The summed E-state index contributed by atoms with van der Waals surface area (Å²) < 4.78 is 0. The monoisotopic (exact) mass is 282 g/mol. The first-order chi connectivity index (χ1) is 10.1. The molecule has 110 valence electrons. The van der Waals surface area contributed by atoms with E-state index in [1.54, 1.807) is 4.90 Å². The third-order valence-corrected chi connectivity index (χ3v) is 4.51. The highest BCUT2D eigenvalue weighted by Crippen LogP contribution is 2.32. The molecule has 1 fully saturated rings. The van der Waals surface area contributed by atoms with E-state index < -0.39 is 0 Å². The number of nitrogens with two attached hydrogens (primary N) is 1. The van der Waals surface area contributed by atoms with Crippen LogP contribution >= 0.6 is 0 Å². The molecule has 0 bridgehead atoms. The Hall–Kier alpha value is -1.87. The summed E-state index contributed by atoms with van der Waals surface area (Å²) in [6, 6.07) is 14.6. The lowest BCUT2D eigenvalue weighted by Gasteiger charge is -2.38. The van der Waals surface area contributed by atoms with Crippen LogP contribution in [0, 0.1) is 0 Å². The molecule has 2 aromatic rings. The zero-order valence-electron chi connectivity index (χ0n) is 12.5. The topological polar surface area (TPSA) is 46.3 Å². The smallest absolute Gasteiger partial charge is 0.224 e. The Morgan fingerprint density at radius 1 is 1.19 bits per heavy atom. The molecule has 0 aromatic heterocycles. The molecular weight excluding hydrogens is 260 g/mol. The molecule has 3 nitrogen and oxygen atoms in total. The molecule has 3 heteroatoms. The Balaban J connectivity index is 1.67. The number of carbonyl (C=O) groups is 1. The summed E-state index contributed by atoms with van der Waals surface area (Å²) in [4.78, 5) is 14.1. The number of benzene rings is 2. The van der Waals surface area contributed by atoms with Gasteiger partial charge in [-0.1, -0.05) is 36.4 Å². The molecule has 1 amide bonds. The van der Waals surface area contributed by atoms with Gasteiger partial charge in [0.2, 0.25) is 5.91 Å². The number of fused-ring (bicyclic) bond motifs is 1. The summed E-state index contributed by atoms with van der Waals surface area (Å²) >= 11 is 0. The maximum absolute atomic E-state index is 12.3. The molecule has 3 rings (SSSR count). The van der Waals surface area contributed by atoms with Crippen molar-refractivity contribution in [3.63, 3.8) is 0 Å². The van der Waals surface area contributed by atoms with Gasteiger partial charge in [0.15, 0.2) is 0 Å². The van der Waals surface area contributed by atoms with Gasteiger partial charge in [0, 0.05) is 25.6 Å². The molecule has 0 aliphatic heterocycles. The van der Waals surface area contributed by atoms with E-state index in [-0.39, 0.29) is 11.4 Å². The number of hydrogen-bond donors (Lipinski definition) is 1. The molecule has 1 saturated carbocycles. The van der Waals surface area contributed by atoms with Crippen LogP contribution < -0.4 is 5.73 Å². The Morgan fingerprint density at radius 3 is 2.57 bits per heavy atom. The van der Waals surface area contributed by atoms with Crippen LogP contribution in [0.5, 0.6) is 0 Å². The lowest BCUT2D eigenvalue weighted by molar-refractivity contribution is -0.132. The second-order valence-electron chi connectivity index (χ2n) is 6.32. The zero-order valence-corrected chi connectivity index (χ0v) is 12.5. The number of amides is 1. The molecule has 0 radical (unpaired) electrons. The highest BCUT2D eigenvalue weighted by molar-refractivity contribution is 5.83. The van der Waals surface area contributed by atoms with Gasteiger partial charge in [-0.2, -0.15) is 0 Å². The highest BCUT2D eigenvalue weighted by atomic mass is 16.2. The molecule has 0 heterocycles. The van der Waals surface area contributed by atoms with E-state index in [1.807, 2.05) is 19.2 Å². The van der Waals surface area contributed by atoms with Crippen LogP contribution in [0.1, 0.15) is 31.2 Å². The number of carbonyl (C=O) groups excluding carboxylic acids is 1. The van der Waals surface area contributed by atoms with E-state index in [2.05, 4.69) is 30.3 Å². The second kappa shape index (κ2) is 5.49. The Bertz CT molecular complexity index is 661. The Labute approximate surface area is 125 Å². The minimum atomic E-state index is -0.241. The quantitative estimate of drug-likeness (QED) is 0.936. The standard InChI is InChI=1S/C18H22N2O/c1-20(17(21)12-18(19)9-4-10-18)13-14-7-8-15-5-2-3-6-16(15)11-14/h2-3,5-8,11H,4,9-10,12-13,19H2,1H3. The highest BCUT2D eigenvalue weighted by Gasteiger charge is 2.35. The number of rotatable bonds is 4. The third-order valence-electron chi connectivity index (χ3n) is 4.51. The van der Waals surface area contributed by atoms with Gasteiger partial charge in [-0.25, -0.2) is 0 Å². The molecule has 2 N–H and O–H groups in total. The van der Waals surface area contributed by atoms with Crippen LogP contribution in [0.4, 0.5) is 0 Å². The molecule has 1 aliphatic rings. The average Bonchev–Trinajstić information content (AvgIpc) is 2.45. The fourth-order valence-electron chi connectivity index (χ4n) is 2.94. The molecule has 21 heavy (non-hydrogen) atoms. The first kappa shape index (κ1) is 14.1. The van der Waals surface area contributed by atoms with Gasteiger partial charge in [0.1, 0.15) is 0 Å². The third kappa shape index (κ3) is 3.08. The minimum Gasteiger partial charge on any atom is -0.341 e. The van der Waals surface area contributed by atoms with Crippen LogP contribution in [0.25, 0.3) is 10.8 Å². The molecule has 0 saturated heterocycles. The normalized spacial score (nSPS) is 16.5. The molecule has 1 aliphatic carbocycles. The van der Waals surface area contributed by atoms with Crippen molar-refractivity contribution in [2.45, 2.75) is 37.8 Å². The van der Waals surface area contributed by atoms with Crippen molar-refractivity contribution in [2.75, 3.05) is 7.05 Å². The van der Waals surface area contributed by atoms with Crippen molar-refractivity contribution < 1.29 is 4.79 Å². The van der Waals surface area contributed by atoms with Crippen molar-refractivity contribution >= 4 is 16.7 Å². The summed E-state index contributed by atoms with van der Waals surface area (Å²) in [6.07, 6.45) is 3.57. The van der Waals surface area contributed by atoms with Crippen LogP contribution in [-0.4, -0.2) is 23.4 Å². The van der Waals surface area contributed by atoms with Crippen LogP contribution in [0.2, 0.25) is 0 Å². The van der Waals surface area contributed by atoms with E-state index in [9.17, 15) is 4.79 Å². The zero-order chi connectivity index (χ0) is 14.9. The molecule has 0 unspecified atom stereocenters. The SMILES string of the molecule is CN(Cc1ccc2ccccc2c1)C(=O)CC1(N)CCC1. The minimum absolute atomic E-state index is 0.144. The largest absolute Gasteiger partial charge is 0.341 e. The lowest BCUT2D eigenvalue weighted by Crippen LogP contribution is -2.50. The molecule has 2 aromatic carbocycles. The van der Waals surface area contributed by atoms with Crippen LogP contribution in [0.15, 0.2) is 42.5 Å². The fourth-order valence-corrected chi connectivity index (χ4v) is 2.94. The van der Waals surface area contributed by atoms with Crippen molar-refractivity contribution in [2.24, 2.45) is 5.73 Å². The van der Waals surface area contributed by atoms with Crippen molar-refractivity contribution in [1.29, 1.82) is 0 Å². The van der Waals surface area contributed by atoms with Crippen molar-refractivity contribution in [1.82, 2.24) is 4.90 Å². The molecular formula is C18H22N2O. The van der Waals surface area contributed by atoms with E-state index in [0.29, 0.717) is 13.0 Å². The predicted molar refractivity (Wildman–Crippen MR) is 85.8 cm³/mol. The maximum Gasteiger partial charge on any atom is 0.224 e. The second-order valence-corrected chi connectivity index (χ2v) is 6.32. The van der Waals surface area contributed by atoms with Gasteiger partial charge in [-0.15, -0.1) is 0 Å². The Kier molecular flexibility index (Phi) is 3.68. The summed E-state index contributed by atoms with van der Waals surface area (Å²) in [7, 11) is 1.86. The molecule has 0 spiro atoms. The van der Waals surface area contributed by atoms with Gasteiger partial charge in [0.05, 0.1) is 0 Å². The summed E-state index contributed by atoms with van der Waals surface area (Å²) in [6.45, 7) is 0.639. The Morgan fingerprint density at radius 2 is 1.90 bits per heavy atom. The van der Waals surface area contributed by atoms with E-state index in [0.717, 1.165) is 24.8 Å². The lowest BCUT2D eigenvalue weighted by atomic mass is 9.75. The maximum atomic E-state index is 12.3. The van der Waals surface area contributed by atoms with E-state index >= 15 is 0 Å². The summed E-state index contributed by atoms with van der Waals surface area (Å²) in [5.74, 6) is 0.144. The van der Waals surface area contributed by atoms with Gasteiger partial charge >= 0.3 is 0 Å². The molecule has 0 atom stereocenters.